The fourth-order valence-electron chi connectivity index (χ4n) is 1.57. The smallest absolute Gasteiger partial charge is 0.166 e. The van der Waals surface area contributed by atoms with Crippen molar-refractivity contribution in [3.8, 4) is 0 Å². The van der Waals surface area contributed by atoms with Crippen LogP contribution in [0.5, 0.6) is 0 Å². The van der Waals surface area contributed by atoms with Crippen molar-refractivity contribution in [1.29, 1.82) is 0 Å². The molecule has 2 heterocycles. The van der Waals surface area contributed by atoms with Crippen LogP contribution in [0.2, 0.25) is 0 Å². The Hall–Kier alpha value is -1.34. The molecule has 0 bridgehead atoms. The molecule has 0 aliphatic heterocycles. The van der Waals surface area contributed by atoms with Crippen LogP contribution < -0.4 is 0 Å². The minimum atomic E-state index is 0.366. The van der Waals surface area contributed by atoms with Crippen molar-refractivity contribution in [2.24, 2.45) is 5.92 Å². The van der Waals surface area contributed by atoms with Crippen LogP contribution in [0.4, 0.5) is 0 Å². The van der Waals surface area contributed by atoms with Crippen molar-refractivity contribution in [2.45, 2.75) is 13.5 Å². The quantitative estimate of drug-likeness (QED) is 0.811. The monoisotopic (exact) mass is 239 g/mol. The molecule has 16 heavy (non-hydrogen) atoms. The molecule has 0 aromatic carbocycles. The lowest BCUT2D eigenvalue weighted by atomic mass is 10.2. The summed E-state index contributed by atoms with van der Waals surface area (Å²) in [5, 5.41) is 8.06. The molecule has 0 amide bonds. The number of hydrogen-bond donors (Lipinski definition) is 1. The molecule has 1 atom stereocenters. The lowest BCUT2D eigenvalue weighted by Crippen LogP contribution is -2.14. The Bertz CT molecular complexity index is 534. The molecule has 0 saturated heterocycles. The molecular weight excluding hydrogens is 226 g/mol. The van der Waals surface area contributed by atoms with Gasteiger partial charge in [-0.05, 0) is 5.92 Å². The van der Waals surface area contributed by atoms with Gasteiger partial charge in [-0.25, -0.2) is 9.67 Å². The Morgan fingerprint density at radius 2 is 2.44 bits per heavy atom. The van der Waals surface area contributed by atoms with Gasteiger partial charge in [-0.3, -0.25) is 0 Å². The highest BCUT2D eigenvalue weighted by molar-refractivity contribution is 7.71. The third-order valence-electron chi connectivity index (χ3n) is 2.26. The molecule has 2 rings (SSSR count). The third kappa shape index (κ3) is 2.10. The van der Waals surface area contributed by atoms with Gasteiger partial charge < -0.3 is 9.72 Å². The first-order valence-corrected chi connectivity index (χ1v) is 5.39. The van der Waals surface area contributed by atoms with E-state index < -0.39 is 0 Å². The largest absolute Gasteiger partial charge is 0.384 e. The molecule has 6 nitrogen and oxygen atoms in total. The molecule has 0 aliphatic carbocycles. The molecule has 2 aromatic heterocycles. The number of H-pyrrole nitrogens is 1. The summed E-state index contributed by atoms with van der Waals surface area (Å²) in [5.74, 6) is 0.366. The number of ether oxygens (including phenoxy) is 1. The predicted molar refractivity (Wildman–Crippen MR) is 61.5 cm³/mol. The van der Waals surface area contributed by atoms with Crippen LogP contribution in [0.3, 0.4) is 0 Å². The van der Waals surface area contributed by atoms with E-state index in [0.29, 0.717) is 22.7 Å². The maximum absolute atomic E-state index is 5.08. The Morgan fingerprint density at radius 3 is 3.19 bits per heavy atom. The van der Waals surface area contributed by atoms with Gasteiger partial charge in [-0.1, -0.05) is 24.4 Å². The summed E-state index contributed by atoms with van der Waals surface area (Å²) in [6, 6.07) is 0. The highest BCUT2D eigenvalue weighted by Gasteiger charge is 2.09. The van der Waals surface area contributed by atoms with Crippen molar-refractivity contribution < 1.29 is 4.74 Å². The second-order valence-electron chi connectivity index (χ2n) is 3.74. The van der Waals surface area contributed by atoms with Crippen LogP contribution in [0, 0.1) is 10.6 Å². The minimum absolute atomic E-state index is 0.366. The van der Waals surface area contributed by atoms with Gasteiger partial charge in [0, 0.05) is 13.7 Å². The first-order valence-electron chi connectivity index (χ1n) is 4.98. The van der Waals surface area contributed by atoms with Crippen molar-refractivity contribution in [3.63, 3.8) is 0 Å². The van der Waals surface area contributed by atoms with Gasteiger partial charge in [0.05, 0.1) is 12.9 Å². The molecule has 2 aromatic rings. The highest BCUT2D eigenvalue weighted by Crippen LogP contribution is 2.09. The number of aromatic amines is 1. The Labute approximate surface area is 97.6 Å². The first-order chi connectivity index (χ1) is 7.72. The number of nitrogens with zero attached hydrogens (tertiary/aromatic N) is 4. The number of hydrogen-bond acceptors (Lipinski definition) is 5. The van der Waals surface area contributed by atoms with Crippen molar-refractivity contribution in [2.75, 3.05) is 13.7 Å². The van der Waals surface area contributed by atoms with Crippen LogP contribution >= 0.6 is 12.2 Å². The van der Waals surface area contributed by atoms with E-state index >= 15 is 0 Å². The minimum Gasteiger partial charge on any atom is -0.384 e. The van der Waals surface area contributed by atoms with Gasteiger partial charge >= 0.3 is 0 Å². The van der Waals surface area contributed by atoms with E-state index in [1.807, 2.05) is 0 Å². The lowest BCUT2D eigenvalue weighted by molar-refractivity contribution is 0.149. The summed E-state index contributed by atoms with van der Waals surface area (Å²) in [6.45, 7) is 3.51. The average molecular weight is 239 g/mol. The molecule has 7 heteroatoms. The normalized spacial score (nSPS) is 13.1. The number of methoxy groups -OCH3 is 1. The maximum Gasteiger partial charge on any atom is 0.166 e. The van der Waals surface area contributed by atoms with Crippen LogP contribution in [0.1, 0.15) is 6.92 Å². The molecule has 0 aliphatic rings. The maximum atomic E-state index is 5.08. The molecule has 0 spiro atoms. The summed E-state index contributed by atoms with van der Waals surface area (Å²) in [4.78, 5) is 6.96. The zero-order valence-electron chi connectivity index (χ0n) is 9.17. The van der Waals surface area contributed by atoms with E-state index in [9.17, 15) is 0 Å². The summed E-state index contributed by atoms with van der Waals surface area (Å²) in [6.07, 6.45) is 1.56. The van der Waals surface area contributed by atoms with Gasteiger partial charge in [0.2, 0.25) is 0 Å². The Balaban J connectivity index is 2.32. The number of fused-ring (bicyclic) bond motifs is 1. The molecule has 0 radical (unpaired) electrons. The zero-order valence-corrected chi connectivity index (χ0v) is 9.99. The molecule has 86 valence electrons. The van der Waals surface area contributed by atoms with Crippen LogP contribution in [-0.4, -0.2) is 38.7 Å². The van der Waals surface area contributed by atoms with Crippen LogP contribution in [0.15, 0.2) is 6.33 Å². The predicted octanol–water partition coefficient (Wildman–Crippen LogP) is 1.17. The summed E-state index contributed by atoms with van der Waals surface area (Å²) >= 11 is 5.06. The van der Waals surface area contributed by atoms with E-state index in [1.54, 1.807) is 18.1 Å². The topological polar surface area (TPSA) is 68.6 Å². The van der Waals surface area contributed by atoms with Crippen molar-refractivity contribution in [3.05, 3.63) is 11.0 Å². The first kappa shape index (κ1) is 11.2. The molecular formula is C9H13N5OS. The second kappa shape index (κ2) is 4.67. The third-order valence-corrected chi connectivity index (χ3v) is 2.56. The van der Waals surface area contributed by atoms with Gasteiger partial charge in [-0.15, -0.1) is 5.10 Å². The molecule has 0 saturated carbocycles. The van der Waals surface area contributed by atoms with Crippen molar-refractivity contribution in [1.82, 2.24) is 25.0 Å². The number of nitrogens with one attached hydrogen (secondary N) is 1. The van der Waals surface area contributed by atoms with E-state index in [0.717, 1.165) is 12.2 Å². The van der Waals surface area contributed by atoms with Crippen LogP contribution in [0.25, 0.3) is 11.2 Å². The lowest BCUT2D eigenvalue weighted by Gasteiger charge is -2.09. The fraction of sp³-hybridized carbons (Fsp3) is 0.556. The second-order valence-corrected chi connectivity index (χ2v) is 4.12. The van der Waals surface area contributed by atoms with E-state index in [-0.39, 0.29) is 0 Å². The van der Waals surface area contributed by atoms with Crippen molar-refractivity contribution >= 4 is 23.4 Å². The van der Waals surface area contributed by atoms with E-state index in [1.165, 1.54) is 0 Å². The Kier molecular flexibility index (Phi) is 3.25. The summed E-state index contributed by atoms with van der Waals surface area (Å²) < 4.78 is 7.34. The van der Waals surface area contributed by atoms with Gasteiger partial charge in [0.25, 0.3) is 0 Å². The van der Waals surface area contributed by atoms with Gasteiger partial charge in [0.1, 0.15) is 0 Å². The van der Waals surface area contributed by atoms with Crippen LogP contribution in [-0.2, 0) is 11.3 Å². The van der Waals surface area contributed by atoms with Gasteiger partial charge in [0.15, 0.2) is 15.8 Å². The molecule has 0 fully saturated rings. The summed E-state index contributed by atoms with van der Waals surface area (Å²) in [5.41, 5.74) is 1.45. The van der Waals surface area contributed by atoms with E-state index in [2.05, 4.69) is 27.2 Å². The van der Waals surface area contributed by atoms with E-state index in [4.69, 9.17) is 17.0 Å². The van der Waals surface area contributed by atoms with Gasteiger partial charge in [-0.2, -0.15) is 0 Å². The molecule has 1 unspecified atom stereocenters. The zero-order chi connectivity index (χ0) is 11.5. The number of aromatic nitrogens is 5. The SMILES string of the molecule is COCC(C)Cn1nnc2c(=S)nc[nH]c21. The fourth-order valence-corrected chi connectivity index (χ4v) is 1.76. The summed E-state index contributed by atoms with van der Waals surface area (Å²) in [7, 11) is 1.69. The standard InChI is InChI=1S/C9H13N5OS/c1-6(4-15-2)3-14-8-7(12-13-14)9(16)11-5-10-8/h5-6H,3-4H2,1-2H3,(H,10,11,16). The Morgan fingerprint density at radius 1 is 1.62 bits per heavy atom. The molecule has 1 N–H and O–H groups in total. The highest BCUT2D eigenvalue weighted by atomic mass is 32.1. The average Bonchev–Trinajstić information content (AvgIpc) is 2.64. The number of rotatable bonds is 4.